The second-order valence-corrected chi connectivity index (χ2v) is 6.25. The number of oxazole rings is 1. The van der Waals surface area contributed by atoms with Crippen molar-refractivity contribution in [1.82, 2.24) is 4.98 Å². The molecule has 19 heavy (non-hydrogen) atoms. The third-order valence-electron chi connectivity index (χ3n) is 2.47. The molecule has 0 fully saturated rings. The lowest BCUT2D eigenvalue weighted by atomic mass is 10.3. The van der Waals surface area contributed by atoms with Crippen molar-refractivity contribution in [3.63, 3.8) is 0 Å². The average Bonchev–Trinajstić information content (AvgIpc) is 2.93. The van der Waals surface area contributed by atoms with Crippen molar-refractivity contribution in [3.05, 3.63) is 49.5 Å². The molecule has 3 aromatic rings. The Morgan fingerprint density at radius 3 is 2.89 bits per heavy atom. The van der Waals surface area contributed by atoms with Gasteiger partial charge in [0, 0.05) is 5.69 Å². The first-order valence-corrected chi connectivity index (χ1v) is 6.92. The molecule has 0 spiro atoms. The third-order valence-corrected chi connectivity index (χ3v) is 4.10. The summed E-state index contributed by atoms with van der Waals surface area (Å²) in [5.41, 5.74) is 1.61. The van der Waals surface area contributed by atoms with Crippen molar-refractivity contribution in [2.45, 2.75) is 0 Å². The van der Waals surface area contributed by atoms with E-state index >= 15 is 0 Å². The number of hydrogen-bond donors (Lipinski definition) is 2. The van der Waals surface area contributed by atoms with Crippen LogP contribution in [-0.4, -0.2) is 10.9 Å². The molecule has 0 saturated heterocycles. The van der Waals surface area contributed by atoms with Crippen molar-refractivity contribution >= 4 is 50.0 Å². The highest BCUT2D eigenvalue weighted by atomic mass is 79.9. The van der Waals surface area contributed by atoms with Gasteiger partial charge in [-0.15, -0.1) is 11.3 Å². The van der Waals surface area contributed by atoms with E-state index in [1.807, 2.05) is 6.07 Å². The molecular weight excluding hydrogens is 332 g/mol. The van der Waals surface area contributed by atoms with Crippen molar-refractivity contribution in [3.8, 4) is 0 Å². The van der Waals surface area contributed by atoms with Crippen molar-refractivity contribution in [1.29, 1.82) is 0 Å². The van der Waals surface area contributed by atoms with Crippen LogP contribution in [0.5, 0.6) is 0 Å². The summed E-state index contributed by atoms with van der Waals surface area (Å²) >= 11 is 4.66. The Morgan fingerprint density at radius 2 is 2.16 bits per heavy atom. The van der Waals surface area contributed by atoms with Crippen molar-refractivity contribution in [2.75, 3.05) is 5.32 Å². The number of carbonyl (C=O) groups excluding carboxylic acids is 1. The Kier molecular flexibility index (Phi) is 3.00. The molecule has 0 aliphatic heterocycles. The van der Waals surface area contributed by atoms with Crippen LogP contribution < -0.4 is 11.1 Å². The van der Waals surface area contributed by atoms with Gasteiger partial charge in [0.05, 0.1) is 14.2 Å². The monoisotopic (exact) mass is 338 g/mol. The van der Waals surface area contributed by atoms with Crippen molar-refractivity contribution < 1.29 is 9.21 Å². The van der Waals surface area contributed by atoms with Crippen LogP contribution in [0.2, 0.25) is 0 Å². The number of rotatable bonds is 2. The molecule has 0 radical (unpaired) electrons. The summed E-state index contributed by atoms with van der Waals surface area (Å²) in [5.74, 6) is -0.707. The van der Waals surface area contributed by atoms with Gasteiger partial charge in [-0.1, -0.05) is 0 Å². The Hall–Kier alpha value is -1.86. The number of fused-ring (bicyclic) bond motifs is 1. The molecular formula is C12H7BrN2O3S. The van der Waals surface area contributed by atoms with Gasteiger partial charge >= 0.3 is 5.76 Å². The van der Waals surface area contributed by atoms with Gasteiger partial charge in [-0.25, -0.2) is 4.79 Å². The summed E-state index contributed by atoms with van der Waals surface area (Å²) < 4.78 is 5.78. The average molecular weight is 339 g/mol. The highest BCUT2D eigenvalue weighted by molar-refractivity contribution is 9.11. The second kappa shape index (κ2) is 4.67. The molecule has 0 saturated carbocycles. The summed E-state index contributed by atoms with van der Waals surface area (Å²) in [6.07, 6.45) is 0. The molecule has 1 aromatic carbocycles. The number of amides is 1. The van der Waals surface area contributed by atoms with Crippen LogP contribution in [-0.2, 0) is 0 Å². The van der Waals surface area contributed by atoms with E-state index in [1.54, 1.807) is 24.3 Å². The first kappa shape index (κ1) is 12.2. The van der Waals surface area contributed by atoms with Crippen LogP contribution in [0, 0.1) is 0 Å². The second-order valence-electron chi connectivity index (χ2n) is 3.78. The number of aromatic nitrogens is 1. The maximum Gasteiger partial charge on any atom is 0.417 e. The Balaban J connectivity index is 1.88. The number of H-pyrrole nitrogens is 1. The first-order chi connectivity index (χ1) is 9.11. The van der Waals surface area contributed by atoms with E-state index in [2.05, 4.69) is 26.2 Å². The third kappa shape index (κ3) is 2.47. The fourth-order valence-electron chi connectivity index (χ4n) is 1.66. The Bertz CT molecular complexity index is 818. The molecule has 2 heterocycles. The van der Waals surface area contributed by atoms with Crippen LogP contribution in [0.3, 0.4) is 0 Å². The highest BCUT2D eigenvalue weighted by Crippen LogP contribution is 2.23. The molecule has 96 valence electrons. The molecule has 1 amide bonds. The SMILES string of the molecule is O=C(Nc1ccc2oc(=O)[nH]c2c1)c1ccc(Br)s1. The maximum absolute atomic E-state index is 12.0. The van der Waals surface area contributed by atoms with Gasteiger partial charge in [0.2, 0.25) is 0 Å². The minimum atomic E-state index is -0.513. The topological polar surface area (TPSA) is 75.1 Å². The first-order valence-electron chi connectivity index (χ1n) is 5.31. The van der Waals surface area contributed by atoms with E-state index in [0.717, 1.165) is 3.79 Å². The lowest BCUT2D eigenvalue weighted by Gasteiger charge is -2.02. The summed E-state index contributed by atoms with van der Waals surface area (Å²) in [4.78, 5) is 26.1. The molecule has 5 nitrogen and oxygen atoms in total. The summed E-state index contributed by atoms with van der Waals surface area (Å²) in [7, 11) is 0. The predicted octanol–water partition coefficient (Wildman–Crippen LogP) is 3.20. The van der Waals surface area contributed by atoms with Gasteiger partial charge in [0.25, 0.3) is 5.91 Å². The number of benzene rings is 1. The zero-order valence-electron chi connectivity index (χ0n) is 9.40. The Morgan fingerprint density at radius 1 is 1.32 bits per heavy atom. The number of hydrogen-bond acceptors (Lipinski definition) is 4. The van der Waals surface area contributed by atoms with E-state index in [-0.39, 0.29) is 5.91 Å². The summed E-state index contributed by atoms with van der Waals surface area (Å²) in [6.45, 7) is 0. The quantitative estimate of drug-likeness (QED) is 0.753. The number of anilines is 1. The summed E-state index contributed by atoms with van der Waals surface area (Å²) in [6, 6.07) is 8.52. The standard InChI is InChI=1S/C12H7BrN2O3S/c13-10-4-3-9(19-10)11(16)14-6-1-2-8-7(5-6)15-12(17)18-8/h1-5H,(H,14,16)(H,15,17). The van der Waals surface area contributed by atoms with E-state index < -0.39 is 5.76 Å². The largest absolute Gasteiger partial charge is 0.417 e. The maximum atomic E-state index is 12.0. The number of aromatic amines is 1. The van der Waals surface area contributed by atoms with Gasteiger partial charge in [-0.2, -0.15) is 0 Å². The number of halogens is 1. The van der Waals surface area contributed by atoms with Gasteiger partial charge in [0.15, 0.2) is 5.58 Å². The molecule has 0 atom stereocenters. The molecule has 3 rings (SSSR count). The fourth-order valence-corrected chi connectivity index (χ4v) is 2.94. The minimum Gasteiger partial charge on any atom is -0.408 e. The van der Waals surface area contributed by atoms with E-state index in [0.29, 0.717) is 21.7 Å². The molecule has 0 unspecified atom stereocenters. The van der Waals surface area contributed by atoms with Crippen LogP contribution in [0.15, 0.2) is 43.3 Å². The smallest absolute Gasteiger partial charge is 0.408 e. The van der Waals surface area contributed by atoms with Crippen LogP contribution >= 0.6 is 27.3 Å². The zero-order valence-corrected chi connectivity index (χ0v) is 11.8. The molecule has 0 aliphatic rings. The van der Waals surface area contributed by atoms with Crippen molar-refractivity contribution in [2.24, 2.45) is 0 Å². The van der Waals surface area contributed by atoms with Gasteiger partial charge in [-0.3, -0.25) is 9.78 Å². The number of carbonyl (C=O) groups is 1. The van der Waals surface area contributed by atoms with Crippen LogP contribution in [0.1, 0.15) is 9.67 Å². The van der Waals surface area contributed by atoms with Crippen LogP contribution in [0.4, 0.5) is 5.69 Å². The molecule has 0 aliphatic carbocycles. The van der Waals surface area contributed by atoms with Gasteiger partial charge in [-0.05, 0) is 46.3 Å². The van der Waals surface area contributed by atoms with E-state index in [9.17, 15) is 9.59 Å². The van der Waals surface area contributed by atoms with Crippen LogP contribution in [0.25, 0.3) is 11.1 Å². The fraction of sp³-hybridized carbons (Fsp3) is 0. The Labute approximate surface area is 119 Å². The normalized spacial score (nSPS) is 10.8. The number of thiophene rings is 1. The number of nitrogens with one attached hydrogen (secondary N) is 2. The molecule has 0 bridgehead atoms. The van der Waals surface area contributed by atoms with E-state index in [1.165, 1.54) is 11.3 Å². The molecule has 2 aromatic heterocycles. The molecule has 7 heteroatoms. The highest BCUT2D eigenvalue weighted by Gasteiger charge is 2.10. The lowest BCUT2D eigenvalue weighted by molar-refractivity contribution is 0.103. The minimum absolute atomic E-state index is 0.194. The lowest BCUT2D eigenvalue weighted by Crippen LogP contribution is -2.09. The summed E-state index contributed by atoms with van der Waals surface area (Å²) in [5, 5.41) is 2.76. The zero-order chi connectivity index (χ0) is 13.4. The predicted molar refractivity (Wildman–Crippen MR) is 76.8 cm³/mol. The molecule has 2 N–H and O–H groups in total. The van der Waals surface area contributed by atoms with Gasteiger partial charge < -0.3 is 9.73 Å². The van der Waals surface area contributed by atoms with Gasteiger partial charge in [0.1, 0.15) is 0 Å². The van der Waals surface area contributed by atoms with E-state index in [4.69, 9.17) is 4.42 Å².